The van der Waals surface area contributed by atoms with Crippen LogP contribution in [0.15, 0.2) is 21.5 Å². The van der Waals surface area contributed by atoms with Gasteiger partial charge in [-0.15, -0.1) is 0 Å². The smallest absolute Gasteiger partial charge is 0.242 e. The van der Waals surface area contributed by atoms with E-state index < -0.39 is 15.8 Å². The van der Waals surface area contributed by atoms with Crippen molar-refractivity contribution in [3.05, 3.63) is 22.4 Å². The summed E-state index contributed by atoms with van der Waals surface area (Å²) in [5, 5.41) is 0. The van der Waals surface area contributed by atoms with Crippen LogP contribution in [-0.4, -0.2) is 26.7 Å². The van der Waals surface area contributed by atoms with Gasteiger partial charge in [0, 0.05) is 0 Å². The number of rotatable bonds is 3. The first-order chi connectivity index (χ1) is 9.37. The number of ether oxygens (including phenoxy) is 1. The second kappa shape index (κ2) is 4.94. The van der Waals surface area contributed by atoms with Crippen molar-refractivity contribution in [3.8, 4) is 0 Å². The Balaban J connectivity index is 1.87. The molecule has 2 bridgehead atoms. The number of sulfonamides is 1. The third-order valence-corrected chi connectivity index (χ3v) is 5.91. The zero-order valence-corrected chi connectivity index (χ0v) is 12.9. The molecule has 0 amide bonds. The number of halogens is 2. The monoisotopic (exact) mass is 364 g/mol. The Morgan fingerprint density at radius 1 is 1.40 bits per heavy atom. The van der Waals surface area contributed by atoms with E-state index in [4.69, 9.17) is 10.5 Å². The van der Waals surface area contributed by atoms with Gasteiger partial charge in [0.15, 0.2) is 0 Å². The summed E-state index contributed by atoms with van der Waals surface area (Å²) in [4.78, 5) is -0.117. The quantitative estimate of drug-likeness (QED) is 0.800. The predicted octanol–water partition coefficient (Wildman–Crippen LogP) is 1.77. The van der Waals surface area contributed by atoms with E-state index in [0.717, 1.165) is 18.9 Å². The highest BCUT2D eigenvalue weighted by molar-refractivity contribution is 9.10. The van der Waals surface area contributed by atoms with E-state index in [2.05, 4.69) is 20.7 Å². The average Bonchev–Trinajstić information content (AvgIpc) is 2.95. The number of nitrogens with one attached hydrogen (secondary N) is 1. The van der Waals surface area contributed by atoms with Gasteiger partial charge < -0.3 is 10.5 Å². The lowest BCUT2D eigenvalue weighted by Crippen LogP contribution is -2.41. The number of hydrogen-bond acceptors (Lipinski definition) is 4. The molecule has 3 unspecified atom stereocenters. The van der Waals surface area contributed by atoms with Gasteiger partial charge in [0.2, 0.25) is 10.0 Å². The fourth-order valence-electron chi connectivity index (χ4n) is 2.80. The van der Waals surface area contributed by atoms with Gasteiger partial charge in [-0.3, -0.25) is 0 Å². The minimum atomic E-state index is -3.79. The molecule has 2 aliphatic heterocycles. The van der Waals surface area contributed by atoms with Crippen LogP contribution in [0.4, 0.5) is 10.1 Å². The van der Waals surface area contributed by atoms with Crippen molar-refractivity contribution in [2.45, 2.75) is 42.4 Å². The van der Waals surface area contributed by atoms with E-state index in [1.165, 1.54) is 6.07 Å². The number of hydrogen-bond donors (Lipinski definition) is 2. The van der Waals surface area contributed by atoms with Crippen molar-refractivity contribution in [2.24, 2.45) is 0 Å². The summed E-state index contributed by atoms with van der Waals surface area (Å²) in [5.41, 5.74) is 5.51. The number of nitrogen functional groups attached to an aromatic ring is 1. The molecule has 2 saturated heterocycles. The van der Waals surface area contributed by atoms with Gasteiger partial charge >= 0.3 is 0 Å². The molecule has 1 aromatic carbocycles. The molecular formula is C12H14BrFN2O3S. The van der Waals surface area contributed by atoms with Crippen molar-refractivity contribution < 1.29 is 17.5 Å². The maximum Gasteiger partial charge on any atom is 0.242 e. The molecule has 3 rings (SSSR count). The zero-order chi connectivity index (χ0) is 14.5. The molecule has 1 aromatic rings. The molecule has 0 radical (unpaired) electrons. The Morgan fingerprint density at radius 3 is 2.75 bits per heavy atom. The van der Waals surface area contributed by atoms with Gasteiger partial charge in [-0.05, 0) is 47.3 Å². The Kier molecular flexibility index (Phi) is 3.52. The van der Waals surface area contributed by atoms with Crippen molar-refractivity contribution in [2.75, 3.05) is 5.73 Å². The lowest BCUT2D eigenvalue weighted by atomic mass is 9.96. The Labute approximate surface area is 124 Å². The van der Waals surface area contributed by atoms with Gasteiger partial charge in [-0.2, -0.15) is 0 Å². The molecule has 0 aromatic heterocycles. The van der Waals surface area contributed by atoms with Crippen molar-refractivity contribution in [3.63, 3.8) is 0 Å². The van der Waals surface area contributed by atoms with E-state index >= 15 is 0 Å². The van der Waals surface area contributed by atoms with Gasteiger partial charge in [0.05, 0.1) is 28.4 Å². The highest BCUT2D eigenvalue weighted by Crippen LogP contribution is 2.35. The van der Waals surface area contributed by atoms with E-state index in [1.807, 2.05) is 0 Å². The van der Waals surface area contributed by atoms with Crippen molar-refractivity contribution in [1.82, 2.24) is 4.72 Å². The Bertz CT molecular complexity index is 652. The predicted molar refractivity (Wildman–Crippen MR) is 75.1 cm³/mol. The fraction of sp³-hybridized carbons (Fsp3) is 0.500. The SMILES string of the molecule is Nc1cc(F)c(Br)cc1S(=O)(=O)NC1CC2CCC1O2. The van der Waals surface area contributed by atoms with E-state index in [-0.39, 0.29) is 33.3 Å². The van der Waals surface area contributed by atoms with Crippen LogP contribution in [0.2, 0.25) is 0 Å². The van der Waals surface area contributed by atoms with Crippen LogP contribution in [0.1, 0.15) is 19.3 Å². The highest BCUT2D eigenvalue weighted by atomic mass is 79.9. The summed E-state index contributed by atoms with van der Waals surface area (Å²) in [6, 6.07) is 1.94. The molecule has 0 aliphatic carbocycles. The first-order valence-corrected chi connectivity index (χ1v) is 8.57. The number of anilines is 1. The Morgan fingerprint density at radius 2 is 2.15 bits per heavy atom. The topological polar surface area (TPSA) is 81.4 Å². The maximum absolute atomic E-state index is 13.3. The standard InChI is InChI=1S/C12H14BrFN2O3S/c13-7-4-12(9(15)5-8(7)14)20(17,18)16-10-3-6-1-2-11(10)19-6/h4-6,10-11,16H,1-3,15H2. The van der Waals surface area contributed by atoms with E-state index in [9.17, 15) is 12.8 Å². The van der Waals surface area contributed by atoms with Crippen molar-refractivity contribution >= 4 is 31.6 Å². The third kappa shape index (κ3) is 2.45. The normalized spacial score (nSPS) is 29.0. The molecule has 3 atom stereocenters. The van der Waals surface area contributed by atoms with Gasteiger partial charge in [-0.25, -0.2) is 17.5 Å². The molecule has 2 aliphatic rings. The van der Waals surface area contributed by atoms with Crippen LogP contribution in [-0.2, 0) is 14.8 Å². The summed E-state index contributed by atoms with van der Waals surface area (Å²) >= 11 is 2.97. The third-order valence-electron chi connectivity index (χ3n) is 3.75. The van der Waals surface area contributed by atoms with Crippen LogP contribution >= 0.6 is 15.9 Å². The van der Waals surface area contributed by atoms with Crippen LogP contribution in [0.25, 0.3) is 0 Å². The van der Waals surface area contributed by atoms with Crippen LogP contribution in [0, 0.1) is 5.82 Å². The molecular weight excluding hydrogens is 351 g/mol. The van der Waals surface area contributed by atoms with Gasteiger partial charge in [-0.1, -0.05) is 0 Å². The van der Waals surface area contributed by atoms with E-state index in [1.54, 1.807) is 0 Å². The number of fused-ring (bicyclic) bond motifs is 2. The Hall–Kier alpha value is -0.700. The molecule has 20 heavy (non-hydrogen) atoms. The lowest BCUT2D eigenvalue weighted by molar-refractivity contribution is 0.0996. The summed E-state index contributed by atoms with van der Waals surface area (Å²) < 4.78 is 46.3. The van der Waals surface area contributed by atoms with Crippen LogP contribution in [0.3, 0.4) is 0 Å². The molecule has 2 heterocycles. The molecule has 2 fully saturated rings. The molecule has 8 heteroatoms. The van der Waals surface area contributed by atoms with Gasteiger partial charge in [0.25, 0.3) is 0 Å². The largest absolute Gasteiger partial charge is 0.398 e. The first-order valence-electron chi connectivity index (χ1n) is 6.29. The second-order valence-corrected chi connectivity index (χ2v) is 7.68. The summed E-state index contributed by atoms with van der Waals surface area (Å²) in [6.07, 6.45) is 2.59. The molecule has 110 valence electrons. The lowest BCUT2D eigenvalue weighted by Gasteiger charge is -2.20. The molecule has 0 spiro atoms. The van der Waals surface area contributed by atoms with Crippen LogP contribution in [0.5, 0.6) is 0 Å². The minimum absolute atomic E-state index is 0.0660. The minimum Gasteiger partial charge on any atom is -0.398 e. The number of benzene rings is 1. The molecule has 3 N–H and O–H groups in total. The summed E-state index contributed by atoms with van der Waals surface area (Å²) in [5.74, 6) is -0.593. The summed E-state index contributed by atoms with van der Waals surface area (Å²) in [7, 11) is -3.79. The highest BCUT2D eigenvalue weighted by Gasteiger charge is 2.42. The molecule has 5 nitrogen and oxygen atoms in total. The summed E-state index contributed by atoms with van der Waals surface area (Å²) in [6.45, 7) is 0. The average molecular weight is 365 g/mol. The van der Waals surface area contributed by atoms with Gasteiger partial charge in [0.1, 0.15) is 10.7 Å². The fourth-order valence-corrected chi connectivity index (χ4v) is 4.71. The number of nitrogens with two attached hydrogens (primary N) is 1. The second-order valence-electron chi connectivity index (χ2n) is 5.14. The van der Waals surface area contributed by atoms with E-state index in [0.29, 0.717) is 6.42 Å². The van der Waals surface area contributed by atoms with Crippen LogP contribution < -0.4 is 10.5 Å². The zero-order valence-electron chi connectivity index (χ0n) is 10.5. The first kappa shape index (κ1) is 14.2. The van der Waals surface area contributed by atoms with Crippen molar-refractivity contribution in [1.29, 1.82) is 0 Å². The maximum atomic E-state index is 13.3. The molecule has 0 saturated carbocycles.